The summed E-state index contributed by atoms with van der Waals surface area (Å²) in [7, 11) is 1.39. The second-order valence-corrected chi connectivity index (χ2v) is 3.29. The van der Waals surface area contributed by atoms with Crippen molar-refractivity contribution in [3.8, 4) is 0 Å². The van der Waals surface area contributed by atoms with E-state index in [-0.39, 0.29) is 5.97 Å². The van der Waals surface area contributed by atoms with Crippen LogP contribution in [0.1, 0.15) is 28.8 Å². The van der Waals surface area contributed by atoms with Crippen LogP contribution in [0.5, 0.6) is 0 Å². The summed E-state index contributed by atoms with van der Waals surface area (Å²) in [6.07, 6.45) is 2.85. The van der Waals surface area contributed by atoms with E-state index in [2.05, 4.69) is 4.74 Å². The first kappa shape index (κ1) is 11.4. The Morgan fingerprint density at radius 3 is 2.53 bits per heavy atom. The number of esters is 1. The Labute approximate surface area is 89.1 Å². The summed E-state index contributed by atoms with van der Waals surface area (Å²) in [5.74, 6) is -0.181. The zero-order valence-corrected chi connectivity index (χ0v) is 8.73. The van der Waals surface area contributed by atoms with E-state index in [0.717, 1.165) is 24.7 Å². The van der Waals surface area contributed by atoms with Gasteiger partial charge in [0.2, 0.25) is 0 Å². The molecule has 0 N–H and O–H groups in total. The fourth-order valence-electron chi connectivity index (χ4n) is 1.30. The monoisotopic (exact) mass is 206 g/mol. The molecule has 1 aromatic carbocycles. The number of methoxy groups -OCH3 is 1. The lowest BCUT2D eigenvalue weighted by atomic mass is 10.1. The van der Waals surface area contributed by atoms with Crippen molar-refractivity contribution in [1.29, 1.82) is 0 Å². The van der Waals surface area contributed by atoms with Crippen molar-refractivity contribution in [2.45, 2.75) is 19.3 Å². The molecular weight excluding hydrogens is 192 g/mol. The molecule has 80 valence electrons. The number of carbonyl (C=O) groups excluding carboxylic acids is 2. The first-order chi connectivity index (χ1) is 7.26. The molecule has 0 aliphatic carbocycles. The number of aldehydes is 1. The van der Waals surface area contributed by atoms with Crippen LogP contribution >= 0.6 is 0 Å². The van der Waals surface area contributed by atoms with Crippen LogP contribution in [0.25, 0.3) is 0 Å². The first-order valence-corrected chi connectivity index (χ1v) is 4.87. The SMILES string of the molecule is COC(=O)CCCc1ccc(C=O)cc1. The van der Waals surface area contributed by atoms with Gasteiger partial charge in [0, 0.05) is 12.0 Å². The minimum absolute atomic E-state index is 0.181. The van der Waals surface area contributed by atoms with Crippen molar-refractivity contribution >= 4 is 12.3 Å². The smallest absolute Gasteiger partial charge is 0.305 e. The van der Waals surface area contributed by atoms with E-state index < -0.39 is 0 Å². The maximum Gasteiger partial charge on any atom is 0.305 e. The number of carbonyl (C=O) groups is 2. The molecule has 0 amide bonds. The van der Waals surface area contributed by atoms with Gasteiger partial charge in [-0.1, -0.05) is 24.3 Å². The van der Waals surface area contributed by atoms with Crippen LogP contribution in [0, 0.1) is 0 Å². The maximum absolute atomic E-state index is 10.8. The summed E-state index contributed by atoms with van der Waals surface area (Å²) in [5.41, 5.74) is 1.80. The van der Waals surface area contributed by atoms with E-state index in [9.17, 15) is 9.59 Å². The Morgan fingerprint density at radius 1 is 1.33 bits per heavy atom. The molecule has 1 aromatic rings. The minimum atomic E-state index is -0.181. The Balaban J connectivity index is 2.37. The molecule has 0 aromatic heterocycles. The van der Waals surface area contributed by atoms with Gasteiger partial charge in [-0.3, -0.25) is 9.59 Å². The summed E-state index contributed by atoms with van der Waals surface area (Å²) in [6, 6.07) is 7.36. The number of rotatable bonds is 5. The Bertz CT molecular complexity index is 327. The predicted octanol–water partition coefficient (Wildman–Crippen LogP) is 1.99. The molecule has 3 heteroatoms. The van der Waals surface area contributed by atoms with Crippen LogP contribution in [0.4, 0.5) is 0 Å². The summed E-state index contributed by atoms with van der Waals surface area (Å²) in [4.78, 5) is 21.2. The molecular formula is C12H14O3. The number of hydrogen-bond acceptors (Lipinski definition) is 3. The highest BCUT2D eigenvalue weighted by molar-refractivity contribution is 5.74. The lowest BCUT2D eigenvalue weighted by Gasteiger charge is -2.01. The van der Waals surface area contributed by atoms with E-state index in [1.165, 1.54) is 7.11 Å². The van der Waals surface area contributed by atoms with Crippen LogP contribution in [0.15, 0.2) is 24.3 Å². The van der Waals surface area contributed by atoms with Gasteiger partial charge in [-0.25, -0.2) is 0 Å². The number of hydrogen-bond donors (Lipinski definition) is 0. The summed E-state index contributed by atoms with van der Waals surface area (Å²) >= 11 is 0. The third-order valence-corrected chi connectivity index (χ3v) is 2.19. The summed E-state index contributed by atoms with van der Waals surface area (Å²) < 4.78 is 4.54. The van der Waals surface area contributed by atoms with Gasteiger partial charge in [-0.2, -0.15) is 0 Å². The lowest BCUT2D eigenvalue weighted by Crippen LogP contribution is -2.00. The van der Waals surface area contributed by atoms with Gasteiger partial charge in [0.15, 0.2) is 0 Å². The zero-order valence-electron chi connectivity index (χ0n) is 8.73. The highest BCUT2D eigenvalue weighted by atomic mass is 16.5. The number of ether oxygens (including phenoxy) is 1. The third kappa shape index (κ3) is 3.94. The van der Waals surface area contributed by atoms with Crippen molar-refractivity contribution < 1.29 is 14.3 Å². The van der Waals surface area contributed by atoms with Crippen molar-refractivity contribution in [2.24, 2.45) is 0 Å². The quantitative estimate of drug-likeness (QED) is 0.546. The van der Waals surface area contributed by atoms with Crippen LogP contribution in [-0.4, -0.2) is 19.4 Å². The van der Waals surface area contributed by atoms with Crippen molar-refractivity contribution in [3.63, 3.8) is 0 Å². The molecule has 15 heavy (non-hydrogen) atoms. The van der Waals surface area contributed by atoms with E-state index in [1.807, 2.05) is 12.1 Å². The Kier molecular flexibility index (Phi) is 4.54. The Morgan fingerprint density at radius 2 is 2.00 bits per heavy atom. The zero-order chi connectivity index (χ0) is 11.1. The van der Waals surface area contributed by atoms with Crippen LogP contribution < -0.4 is 0 Å². The van der Waals surface area contributed by atoms with Gasteiger partial charge in [0.1, 0.15) is 6.29 Å². The maximum atomic E-state index is 10.8. The average Bonchev–Trinajstić information content (AvgIpc) is 2.29. The van der Waals surface area contributed by atoms with Crippen LogP contribution in [-0.2, 0) is 16.0 Å². The molecule has 0 radical (unpaired) electrons. The predicted molar refractivity (Wildman–Crippen MR) is 56.8 cm³/mol. The molecule has 0 aliphatic heterocycles. The highest BCUT2D eigenvalue weighted by Crippen LogP contribution is 2.07. The molecule has 0 aliphatic rings. The topological polar surface area (TPSA) is 43.4 Å². The molecule has 0 fully saturated rings. The highest BCUT2D eigenvalue weighted by Gasteiger charge is 2.00. The van der Waals surface area contributed by atoms with Crippen molar-refractivity contribution in [2.75, 3.05) is 7.11 Å². The van der Waals surface area contributed by atoms with Crippen LogP contribution in [0.3, 0.4) is 0 Å². The van der Waals surface area contributed by atoms with Gasteiger partial charge >= 0.3 is 5.97 Å². The van der Waals surface area contributed by atoms with Gasteiger partial charge in [0.25, 0.3) is 0 Å². The largest absolute Gasteiger partial charge is 0.469 e. The first-order valence-electron chi connectivity index (χ1n) is 4.87. The van der Waals surface area contributed by atoms with Gasteiger partial charge in [-0.15, -0.1) is 0 Å². The van der Waals surface area contributed by atoms with Crippen molar-refractivity contribution in [1.82, 2.24) is 0 Å². The molecule has 3 nitrogen and oxygen atoms in total. The minimum Gasteiger partial charge on any atom is -0.469 e. The van der Waals surface area contributed by atoms with E-state index in [4.69, 9.17) is 0 Å². The van der Waals surface area contributed by atoms with E-state index in [1.54, 1.807) is 12.1 Å². The molecule has 0 atom stereocenters. The summed E-state index contributed by atoms with van der Waals surface area (Å²) in [6.45, 7) is 0. The molecule has 1 rings (SSSR count). The lowest BCUT2D eigenvalue weighted by molar-refractivity contribution is -0.140. The molecule has 0 saturated carbocycles. The van der Waals surface area contributed by atoms with E-state index in [0.29, 0.717) is 12.0 Å². The molecule has 0 heterocycles. The average molecular weight is 206 g/mol. The Hall–Kier alpha value is -1.64. The molecule has 0 saturated heterocycles. The number of aryl methyl sites for hydroxylation is 1. The summed E-state index contributed by atoms with van der Waals surface area (Å²) in [5, 5.41) is 0. The second kappa shape index (κ2) is 5.96. The standard InChI is InChI=1S/C12H14O3/c1-15-12(14)4-2-3-10-5-7-11(9-13)8-6-10/h5-9H,2-4H2,1H3. The van der Waals surface area contributed by atoms with Gasteiger partial charge in [0.05, 0.1) is 7.11 Å². The fraction of sp³-hybridized carbons (Fsp3) is 0.333. The molecule has 0 spiro atoms. The normalized spacial score (nSPS) is 9.67. The fourth-order valence-corrected chi connectivity index (χ4v) is 1.30. The molecule has 0 unspecified atom stereocenters. The van der Waals surface area contributed by atoms with Gasteiger partial charge < -0.3 is 4.74 Å². The van der Waals surface area contributed by atoms with E-state index >= 15 is 0 Å². The van der Waals surface area contributed by atoms with Crippen molar-refractivity contribution in [3.05, 3.63) is 35.4 Å². The second-order valence-electron chi connectivity index (χ2n) is 3.29. The van der Waals surface area contributed by atoms with Crippen LogP contribution in [0.2, 0.25) is 0 Å². The molecule has 0 bridgehead atoms. The number of benzene rings is 1. The third-order valence-electron chi connectivity index (χ3n) is 2.19. The van der Waals surface area contributed by atoms with Gasteiger partial charge in [-0.05, 0) is 18.4 Å².